The maximum Gasteiger partial charge on any atom is 0.320 e. The fourth-order valence-electron chi connectivity index (χ4n) is 5.67. The molecule has 1 saturated heterocycles. The zero-order chi connectivity index (χ0) is 88.3. The van der Waals surface area contributed by atoms with Gasteiger partial charge in [0.05, 0.1) is 6.33 Å². The smallest absolute Gasteiger partial charge is 0.320 e. The van der Waals surface area contributed by atoms with Crippen LogP contribution in [0.2, 0.25) is 0 Å². The number of nitrogens with zero attached hydrogens (tertiary/aromatic N) is 2. The largest absolute Gasteiger partial charge is 0.508 e. The number of carbonyl (C=O) groups excluding carboxylic acids is 2. The highest BCUT2D eigenvalue weighted by Crippen LogP contribution is 2.17. The van der Waals surface area contributed by atoms with Gasteiger partial charge in [0.15, 0.2) is 5.96 Å². The molecule has 5 aromatic rings. The number of thioether (sulfide) groups is 1. The molecule has 0 saturated carbocycles. The van der Waals surface area contributed by atoms with E-state index >= 15 is 0 Å². The topological polar surface area (TPSA) is 406 Å². The van der Waals surface area contributed by atoms with Crippen LogP contribution >= 0.6 is 24.4 Å². The first-order valence-electron chi connectivity index (χ1n) is 40.4. The van der Waals surface area contributed by atoms with Crippen molar-refractivity contribution in [1.82, 2.24) is 20.3 Å². The maximum absolute atomic E-state index is 10.1. The first-order chi connectivity index (χ1) is 51.9. The van der Waals surface area contributed by atoms with Gasteiger partial charge in [-0.1, -0.05) is 259 Å². The van der Waals surface area contributed by atoms with E-state index in [1.54, 1.807) is 53.1 Å². The second-order valence-electron chi connectivity index (χ2n) is 25.1. The van der Waals surface area contributed by atoms with E-state index in [4.69, 9.17) is 53.6 Å². The van der Waals surface area contributed by atoms with Crippen molar-refractivity contribution in [3.05, 3.63) is 120 Å². The molecule has 0 radical (unpaired) electrons. The highest BCUT2D eigenvalue weighted by Gasteiger charge is 2.20. The molecule has 6 rings (SSSR count). The van der Waals surface area contributed by atoms with Gasteiger partial charge in [-0.15, -0.1) is 0 Å². The molecule has 3 heterocycles. The molecule has 1 aliphatic rings. The fraction of sp³-hybridized carbons (Fsp3) is 0.670. The fourth-order valence-corrected chi connectivity index (χ4v) is 6.08. The van der Waals surface area contributed by atoms with Gasteiger partial charge in [0.25, 0.3) is 0 Å². The lowest BCUT2D eigenvalue weighted by molar-refractivity contribution is -0.139. The number of thiol groups is 1. The number of carboxylic acids is 3. The third-order valence-electron chi connectivity index (χ3n) is 12.2. The number of H-pyrrole nitrogens is 2. The number of guanidine groups is 1. The number of phenols is 1. The van der Waals surface area contributed by atoms with E-state index in [0.717, 1.165) is 107 Å². The number of aromatic hydroxyl groups is 1. The number of aryl methyl sites for hydroxylation is 4. The molecule has 1 aliphatic heterocycles. The molecular formula is C88H178N10O11S2. The van der Waals surface area contributed by atoms with Crippen molar-refractivity contribution in [3.8, 4) is 5.75 Å². The highest BCUT2D eigenvalue weighted by atomic mass is 32.2. The number of aliphatic hydroxyl groups is 2. The number of nitrogens with two attached hydrogens (primary N) is 5. The number of carboxylic acid groups (broad SMARTS) is 3. The maximum atomic E-state index is 10.1. The van der Waals surface area contributed by atoms with Crippen molar-refractivity contribution in [2.45, 2.75) is 328 Å². The number of aromatic amines is 2. The first-order valence-corrected chi connectivity index (χ1v) is 42.4. The Labute approximate surface area is 691 Å². The normalized spacial score (nSPS) is 10.0. The average molecular weight is 1620 g/mol. The van der Waals surface area contributed by atoms with Crippen LogP contribution in [0.15, 0.2) is 103 Å². The predicted octanol–water partition coefficient (Wildman–Crippen LogP) is 20.9. The van der Waals surface area contributed by atoms with Crippen LogP contribution in [0.4, 0.5) is 0 Å². The standard InChI is InChI=1S/C10H11N.C8H10O.C8H10.C5H13N3.C5H8N2.C5H9NO2.C5H13N.2C5H12.C4H9NO.C4H8O2.C4H10S.C4H10.C3H7NO.C3H6O2.C3H8O.C2H6O.C2H6S.C2H6.CH4/c1-2-8-7-11-10-6-4-3-5-9(8)10;1-2-7-3-5-8(9)6-4-7;1-2-8-6-4-3-5-7-8;1-2-3-4-8-5(6)7;1-2-5-3-6-4-7-5;7-5(8)4-2-1-3-6-4;1-2-3-4-5-6;2*1-4-5(2)3;2*1-2-3-4(5)6;1-3-4-5-2;1-4(2)3;2*1-2-3(4)5;1-3(2)4;2*1-2-3;1-2;/h3-7,11H,2H2,1H3;3-6,9H,2H2,1H3;3-7H,2H2,1H3;2-4H2,1H3,(H4,6,7,8);3-4H,2H2,1H3,(H,6,7);4,6H,1-3H2,(H,7,8);2-6H2,1H3;2*5H,4H2,1-3H3;2-3H2,1H3,(H2,5,6);2-3H2,1H3,(H,5,6);3-4H2,1-2H3;4H,1-3H3;2H2,1H3,(H2,4,5);2H2,1H3,(H,4,5);3-4H,1-2H3;2*3H,2H2,1H3;1-2H3;1H4. The zero-order valence-corrected chi connectivity index (χ0v) is 76.6. The summed E-state index contributed by atoms with van der Waals surface area (Å²) in [6.45, 7) is 55.7. The minimum atomic E-state index is -0.745. The van der Waals surface area contributed by atoms with Gasteiger partial charge >= 0.3 is 17.9 Å². The van der Waals surface area contributed by atoms with Gasteiger partial charge in [-0.05, 0) is 175 Å². The summed E-state index contributed by atoms with van der Waals surface area (Å²) < 4.78 is 0. The van der Waals surface area contributed by atoms with Crippen molar-refractivity contribution in [2.24, 2.45) is 51.4 Å². The molecule has 658 valence electrons. The lowest BCUT2D eigenvalue weighted by Crippen LogP contribution is -2.29. The molecule has 111 heavy (non-hydrogen) atoms. The molecule has 2 aromatic heterocycles. The Morgan fingerprint density at radius 2 is 1.03 bits per heavy atom. The summed E-state index contributed by atoms with van der Waals surface area (Å²) in [5, 5.41) is 52.7. The van der Waals surface area contributed by atoms with E-state index < -0.39 is 17.9 Å². The van der Waals surface area contributed by atoms with Crippen LogP contribution in [-0.2, 0) is 49.7 Å². The summed E-state index contributed by atoms with van der Waals surface area (Å²) in [5.74, 6) is 2.75. The van der Waals surface area contributed by atoms with Crippen LogP contribution in [0.3, 0.4) is 0 Å². The molecule has 1 fully saturated rings. The van der Waals surface area contributed by atoms with Crippen LogP contribution < -0.4 is 34.0 Å². The van der Waals surface area contributed by atoms with Crippen LogP contribution in [0.25, 0.3) is 10.9 Å². The number of unbranched alkanes of at least 4 members (excludes halogenated alkanes) is 3. The molecule has 1 atom stereocenters. The van der Waals surface area contributed by atoms with Gasteiger partial charge < -0.3 is 74.6 Å². The van der Waals surface area contributed by atoms with Crippen molar-refractivity contribution in [3.63, 3.8) is 0 Å². The molecule has 0 aliphatic carbocycles. The van der Waals surface area contributed by atoms with Gasteiger partial charge in [0, 0.05) is 73.9 Å². The Kier molecular flexibility index (Phi) is 147. The summed E-state index contributed by atoms with van der Waals surface area (Å²) >= 11 is 5.69. The van der Waals surface area contributed by atoms with Crippen LogP contribution in [0.1, 0.15) is 313 Å². The molecule has 0 spiro atoms. The van der Waals surface area contributed by atoms with Gasteiger partial charge in [-0.3, -0.25) is 29.0 Å². The van der Waals surface area contributed by atoms with E-state index in [1.807, 2.05) is 70.8 Å². The molecule has 3 aromatic carbocycles. The molecule has 23 heteroatoms. The predicted molar refractivity (Wildman–Crippen MR) is 493 cm³/mol. The average Bonchev–Trinajstić information content (AvgIpc) is 1.70. The van der Waals surface area contributed by atoms with E-state index in [1.165, 1.54) is 77.6 Å². The number of nitrogens with one attached hydrogen (secondary N) is 3. The Morgan fingerprint density at radius 3 is 1.24 bits per heavy atom. The molecule has 21 nitrogen and oxygen atoms in total. The van der Waals surface area contributed by atoms with E-state index in [0.29, 0.717) is 25.0 Å². The number of aliphatic carboxylic acids is 3. The lowest BCUT2D eigenvalue weighted by Gasteiger charge is -1.99. The number of fused-ring (bicyclic) bond motifs is 1. The third kappa shape index (κ3) is 160. The summed E-state index contributed by atoms with van der Waals surface area (Å²) in [6.07, 6.45) is 26.6. The van der Waals surface area contributed by atoms with E-state index in [9.17, 15) is 24.0 Å². The summed E-state index contributed by atoms with van der Waals surface area (Å²) in [6, 6.07) is 25.8. The summed E-state index contributed by atoms with van der Waals surface area (Å²) in [4.78, 5) is 62.4. The minimum absolute atomic E-state index is 0. The second-order valence-corrected chi connectivity index (χ2v) is 26.7. The Bertz CT molecular complexity index is 2480. The van der Waals surface area contributed by atoms with Crippen molar-refractivity contribution in [2.75, 3.05) is 44.0 Å². The minimum Gasteiger partial charge on any atom is -0.508 e. The molecule has 19 N–H and O–H groups in total. The number of carbonyl (C=O) groups is 5. The number of imidazole rings is 1. The van der Waals surface area contributed by atoms with Gasteiger partial charge in [-0.2, -0.15) is 24.4 Å². The van der Waals surface area contributed by atoms with Crippen molar-refractivity contribution >= 4 is 71.0 Å². The van der Waals surface area contributed by atoms with E-state index in [2.05, 4.69) is 215 Å². The number of primary amides is 2. The number of aliphatic imine (C=N–C) groups is 1. The summed E-state index contributed by atoms with van der Waals surface area (Å²) in [7, 11) is 0. The number of benzene rings is 3. The number of aromatic nitrogens is 3. The number of amides is 2. The second kappa shape index (κ2) is 119. The number of rotatable bonds is 21. The van der Waals surface area contributed by atoms with Crippen molar-refractivity contribution in [1.29, 1.82) is 0 Å². The van der Waals surface area contributed by atoms with Gasteiger partial charge in [-0.25, -0.2) is 4.98 Å². The van der Waals surface area contributed by atoms with Gasteiger partial charge in [0.2, 0.25) is 11.8 Å². The number of hydrogen-bond donors (Lipinski definition) is 15. The van der Waals surface area contributed by atoms with Crippen LogP contribution in [0, 0.1) is 17.8 Å². The van der Waals surface area contributed by atoms with Crippen molar-refractivity contribution < 1.29 is 54.6 Å². The quantitative estimate of drug-likeness (QED) is 0.0140. The van der Waals surface area contributed by atoms with Crippen LogP contribution in [0.5, 0.6) is 5.75 Å². The Hall–Kier alpha value is -6.63. The number of phenolic OH excluding ortho intramolecular Hbond substituents is 1. The highest BCUT2D eigenvalue weighted by molar-refractivity contribution is 7.98. The SMILES string of the molecule is C.CC.CC(C)C.CC(C)O.CCC(=O)O.CCC(C)C.CCC(C)C.CCC(N)=O.CCCC(=O)O.CCCC(N)=O.CCCCCN.CCCCN=C(N)N.CCCSC.CCO.CCS.CCc1c[nH]c2ccccc12.CCc1ccc(O)cc1.CCc1ccccc1.CCc1cnc[nH]1.O=C(O)C1CCCN1. The molecular weight excluding hydrogens is 1440 g/mol. The molecule has 1 unspecified atom stereocenters. The molecule has 2 amide bonds. The Morgan fingerprint density at radius 1 is 0.604 bits per heavy atom. The zero-order valence-electron chi connectivity index (χ0n) is 74.9. The van der Waals surface area contributed by atoms with Crippen LogP contribution in [-0.4, -0.2) is 137 Å². The Balaban J connectivity index is -0.0000000754. The molecule has 0 bridgehead atoms. The monoisotopic (exact) mass is 1620 g/mol. The number of hydrogen-bond acceptors (Lipinski definition) is 14. The number of aliphatic hydroxyl groups excluding tert-OH is 2. The summed E-state index contributed by atoms with van der Waals surface area (Å²) in [5.41, 5.74) is 31.3. The number of para-hydroxylation sites is 1. The first kappa shape index (κ1) is 137. The lowest BCUT2D eigenvalue weighted by atomic mass is 10.1. The van der Waals surface area contributed by atoms with E-state index in [-0.39, 0.29) is 50.4 Å². The van der Waals surface area contributed by atoms with Gasteiger partial charge in [0.1, 0.15) is 11.8 Å². The third-order valence-corrected chi connectivity index (χ3v) is 13.0.